The fourth-order valence-electron chi connectivity index (χ4n) is 2.93. The van der Waals surface area contributed by atoms with Crippen LogP contribution in [0.1, 0.15) is 32.3 Å². The maximum absolute atomic E-state index is 12.5. The molecular weight excluding hydrogens is 350 g/mol. The van der Waals surface area contributed by atoms with Crippen LogP contribution in [0.25, 0.3) is 0 Å². The van der Waals surface area contributed by atoms with E-state index in [4.69, 9.17) is 9.47 Å². The highest BCUT2D eigenvalue weighted by molar-refractivity contribution is 6.04. The van der Waals surface area contributed by atoms with Crippen LogP contribution >= 0.6 is 0 Å². The molecule has 1 aromatic rings. The Morgan fingerprint density at radius 1 is 1.22 bits per heavy atom. The van der Waals surface area contributed by atoms with Crippen LogP contribution in [0.5, 0.6) is 11.5 Å². The second-order valence-electron chi connectivity index (χ2n) is 6.69. The van der Waals surface area contributed by atoms with E-state index in [1.807, 2.05) is 26.0 Å². The first-order valence-electron chi connectivity index (χ1n) is 8.97. The van der Waals surface area contributed by atoms with E-state index in [0.717, 1.165) is 5.56 Å². The van der Waals surface area contributed by atoms with Gasteiger partial charge in [0.2, 0.25) is 5.91 Å². The van der Waals surface area contributed by atoms with Crippen molar-refractivity contribution in [1.29, 1.82) is 0 Å². The minimum atomic E-state index is -0.652. The van der Waals surface area contributed by atoms with E-state index in [-0.39, 0.29) is 37.2 Å². The van der Waals surface area contributed by atoms with Gasteiger partial charge in [0.15, 0.2) is 11.5 Å². The maximum atomic E-state index is 12.5. The summed E-state index contributed by atoms with van der Waals surface area (Å²) in [6.45, 7) is 4.00. The molecule has 0 bridgehead atoms. The average Bonchev–Trinajstić information content (AvgIpc) is 2.90. The van der Waals surface area contributed by atoms with Gasteiger partial charge in [-0.05, 0) is 44.4 Å². The van der Waals surface area contributed by atoms with E-state index in [1.54, 1.807) is 20.3 Å². The van der Waals surface area contributed by atoms with Crippen molar-refractivity contribution in [2.24, 2.45) is 0 Å². The van der Waals surface area contributed by atoms with Crippen LogP contribution in [0.3, 0.4) is 0 Å². The molecule has 0 unspecified atom stereocenters. The zero-order valence-corrected chi connectivity index (χ0v) is 16.2. The molecule has 0 radical (unpaired) electrons. The van der Waals surface area contributed by atoms with Crippen molar-refractivity contribution in [2.45, 2.75) is 45.2 Å². The number of amides is 4. The summed E-state index contributed by atoms with van der Waals surface area (Å²) in [7, 11) is 3.12. The molecule has 0 saturated carbocycles. The number of urea groups is 1. The average molecular weight is 377 g/mol. The number of imide groups is 1. The SMILES string of the molecule is COc1ccc(CCN2C(=O)N[C@@H](CCC(=O)NC(C)C)C2=O)cc1OC. The molecule has 1 fully saturated rings. The molecule has 1 atom stereocenters. The topological polar surface area (TPSA) is 97.0 Å². The number of benzene rings is 1. The highest BCUT2D eigenvalue weighted by Gasteiger charge is 2.37. The fraction of sp³-hybridized carbons (Fsp3) is 0.526. The molecule has 1 aliphatic heterocycles. The summed E-state index contributed by atoms with van der Waals surface area (Å²) in [6.07, 6.45) is 0.981. The standard InChI is InChI=1S/C19H27N3O5/c1-12(2)20-17(23)8-6-14-18(24)22(19(25)21-14)10-9-13-5-7-15(26-3)16(11-13)27-4/h5,7,11-12,14H,6,8-10H2,1-4H3,(H,20,23)(H,21,25)/t14-/m0/s1. The molecule has 4 amide bonds. The zero-order chi connectivity index (χ0) is 20.0. The van der Waals surface area contributed by atoms with Gasteiger partial charge < -0.3 is 20.1 Å². The third kappa shape index (κ3) is 5.35. The van der Waals surface area contributed by atoms with Crippen molar-refractivity contribution < 1.29 is 23.9 Å². The Labute approximate surface area is 159 Å². The minimum Gasteiger partial charge on any atom is -0.493 e. The van der Waals surface area contributed by atoms with E-state index in [0.29, 0.717) is 17.9 Å². The molecule has 2 rings (SSSR count). The van der Waals surface area contributed by atoms with Crippen LogP contribution in [-0.2, 0) is 16.0 Å². The molecular formula is C19H27N3O5. The first-order valence-corrected chi connectivity index (χ1v) is 8.97. The molecule has 0 aromatic heterocycles. The smallest absolute Gasteiger partial charge is 0.324 e. The van der Waals surface area contributed by atoms with Gasteiger partial charge in [-0.3, -0.25) is 14.5 Å². The number of nitrogens with one attached hydrogen (secondary N) is 2. The number of hydrogen-bond acceptors (Lipinski definition) is 5. The van der Waals surface area contributed by atoms with Crippen molar-refractivity contribution in [2.75, 3.05) is 20.8 Å². The van der Waals surface area contributed by atoms with E-state index < -0.39 is 12.1 Å². The van der Waals surface area contributed by atoms with Crippen LogP contribution in [-0.4, -0.2) is 55.6 Å². The Balaban J connectivity index is 1.91. The van der Waals surface area contributed by atoms with Gasteiger partial charge in [-0.15, -0.1) is 0 Å². The largest absolute Gasteiger partial charge is 0.493 e. The van der Waals surface area contributed by atoms with Gasteiger partial charge in [0, 0.05) is 19.0 Å². The van der Waals surface area contributed by atoms with Crippen molar-refractivity contribution in [3.63, 3.8) is 0 Å². The summed E-state index contributed by atoms with van der Waals surface area (Å²) in [4.78, 5) is 37.5. The highest BCUT2D eigenvalue weighted by Crippen LogP contribution is 2.27. The van der Waals surface area contributed by atoms with Crippen molar-refractivity contribution in [1.82, 2.24) is 15.5 Å². The second kappa shape index (κ2) is 9.25. The van der Waals surface area contributed by atoms with Crippen LogP contribution < -0.4 is 20.1 Å². The van der Waals surface area contributed by atoms with Gasteiger partial charge in [0.25, 0.3) is 5.91 Å². The summed E-state index contributed by atoms with van der Waals surface area (Å²) >= 11 is 0. The maximum Gasteiger partial charge on any atom is 0.324 e. The highest BCUT2D eigenvalue weighted by atomic mass is 16.5. The number of rotatable bonds is 9. The predicted molar refractivity (Wildman–Crippen MR) is 99.8 cm³/mol. The van der Waals surface area contributed by atoms with Gasteiger partial charge in [0.1, 0.15) is 6.04 Å². The molecule has 1 heterocycles. The lowest BCUT2D eigenvalue weighted by Crippen LogP contribution is -2.35. The molecule has 8 nitrogen and oxygen atoms in total. The summed E-state index contributed by atoms with van der Waals surface area (Å²) in [6, 6.07) is 4.45. The molecule has 2 N–H and O–H groups in total. The van der Waals surface area contributed by atoms with E-state index in [1.165, 1.54) is 4.90 Å². The van der Waals surface area contributed by atoms with Crippen LogP contribution in [0.2, 0.25) is 0 Å². The molecule has 8 heteroatoms. The summed E-state index contributed by atoms with van der Waals surface area (Å²) in [5, 5.41) is 5.42. The number of nitrogens with zero attached hydrogens (tertiary/aromatic N) is 1. The predicted octanol–water partition coefficient (Wildman–Crippen LogP) is 1.47. The Kier molecular flexibility index (Phi) is 7.04. The number of carbonyl (C=O) groups is 3. The number of hydrogen-bond donors (Lipinski definition) is 2. The fourth-order valence-corrected chi connectivity index (χ4v) is 2.93. The molecule has 0 aliphatic carbocycles. The Bertz CT molecular complexity index is 705. The first-order chi connectivity index (χ1) is 12.8. The summed E-state index contributed by atoms with van der Waals surface area (Å²) in [5.74, 6) is 0.797. The van der Waals surface area contributed by atoms with Gasteiger partial charge in [-0.1, -0.05) is 6.07 Å². The van der Waals surface area contributed by atoms with E-state index >= 15 is 0 Å². The van der Waals surface area contributed by atoms with E-state index in [2.05, 4.69) is 10.6 Å². The Morgan fingerprint density at radius 2 is 1.93 bits per heavy atom. The van der Waals surface area contributed by atoms with Crippen LogP contribution in [0, 0.1) is 0 Å². The third-order valence-electron chi connectivity index (χ3n) is 4.29. The molecule has 148 valence electrons. The van der Waals surface area contributed by atoms with Crippen LogP contribution in [0.4, 0.5) is 4.79 Å². The molecule has 0 spiro atoms. The van der Waals surface area contributed by atoms with Crippen molar-refractivity contribution in [3.8, 4) is 11.5 Å². The van der Waals surface area contributed by atoms with Gasteiger partial charge in [-0.2, -0.15) is 0 Å². The third-order valence-corrected chi connectivity index (χ3v) is 4.29. The van der Waals surface area contributed by atoms with E-state index in [9.17, 15) is 14.4 Å². The van der Waals surface area contributed by atoms with Crippen LogP contribution in [0.15, 0.2) is 18.2 Å². The first kappa shape index (κ1) is 20.5. The second-order valence-corrected chi connectivity index (χ2v) is 6.69. The molecule has 1 aliphatic rings. The molecule has 1 aromatic carbocycles. The molecule has 1 saturated heterocycles. The van der Waals surface area contributed by atoms with Crippen molar-refractivity contribution in [3.05, 3.63) is 23.8 Å². The van der Waals surface area contributed by atoms with Gasteiger partial charge in [0.05, 0.1) is 14.2 Å². The number of ether oxygens (including phenoxy) is 2. The molecule has 27 heavy (non-hydrogen) atoms. The lowest BCUT2D eigenvalue weighted by molar-refractivity contribution is -0.127. The van der Waals surface area contributed by atoms with Gasteiger partial charge >= 0.3 is 6.03 Å². The summed E-state index contributed by atoms with van der Waals surface area (Å²) in [5.41, 5.74) is 0.924. The lowest BCUT2D eigenvalue weighted by atomic mass is 10.1. The summed E-state index contributed by atoms with van der Waals surface area (Å²) < 4.78 is 10.5. The lowest BCUT2D eigenvalue weighted by Gasteiger charge is -2.14. The Hall–Kier alpha value is -2.77. The monoisotopic (exact) mass is 377 g/mol. The normalized spacial score (nSPS) is 16.5. The quantitative estimate of drug-likeness (QED) is 0.635. The van der Waals surface area contributed by atoms with Gasteiger partial charge in [-0.25, -0.2) is 4.79 Å². The zero-order valence-electron chi connectivity index (χ0n) is 16.2. The number of carbonyl (C=O) groups excluding carboxylic acids is 3. The number of methoxy groups -OCH3 is 2. The van der Waals surface area contributed by atoms with Crippen molar-refractivity contribution >= 4 is 17.8 Å². The minimum absolute atomic E-state index is 0.0457. The Morgan fingerprint density at radius 3 is 2.56 bits per heavy atom.